The summed E-state index contributed by atoms with van der Waals surface area (Å²) in [4.78, 5) is 32.9. The van der Waals surface area contributed by atoms with Gasteiger partial charge in [-0.3, -0.25) is 14.7 Å². The van der Waals surface area contributed by atoms with Gasteiger partial charge in [-0.2, -0.15) is 0 Å². The highest BCUT2D eigenvalue weighted by molar-refractivity contribution is 7.14. The Morgan fingerprint density at radius 2 is 1.76 bits per heavy atom. The summed E-state index contributed by atoms with van der Waals surface area (Å²) in [5.41, 5.74) is 9.97. The Kier molecular flexibility index (Phi) is 9.19. The Labute approximate surface area is 264 Å². The Hall–Kier alpha value is -4.77. The number of nitrogens with zero attached hydrogens (tertiary/aromatic N) is 3. The third-order valence-electron chi connectivity index (χ3n) is 7.65. The van der Waals surface area contributed by atoms with Crippen LogP contribution >= 0.6 is 11.3 Å². The van der Waals surface area contributed by atoms with E-state index in [1.807, 2.05) is 61.5 Å². The van der Waals surface area contributed by atoms with E-state index >= 15 is 0 Å². The van der Waals surface area contributed by atoms with Gasteiger partial charge in [-0.15, -0.1) is 11.3 Å². The normalized spacial score (nSPS) is 12.3. The number of carbonyl (C=O) groups is 2. The molecule has 8 nitrogen and oxygen atoms in total. The summed E-state index contributed by atoms with van der Waals surface area (Å²) in [6.07, 6.45) is -3.10. The number of aromatic nitrogens is 2. The van der Waals surface area contributed by atoms with Gasteiger partial charge in [0.1, 0.15) is 6.61 Å². The molecule has 2 amide bonds. The molecule has 5 aromatic rings. The summed E-state index contributed by atoms with van der Waals surface area (Å²) in [5.74, 6) is -0.356. The lowest BCUT2D eigenvalue weighted by Gasteiger charge is -2.37. The van der Waals surface area contributed by atoms with Gasteiger partial charge in [0.15, 0.2) is 0 Å². The van der Waals surface area contributed by atoms with Crippen molar-refractivity contribution in [1.29, 1.82) is 0 Å². The SMILES string of the molecule is C[C@H](N(Cc1ccc2c(c1)nc(NC(=O)c1ccc(C(F)F)s1)n2-c1cccc(N)c1)C(=O)OCc1ccccc1)C(C)(C)C. The summed E-state index contributed by atoms with van der Waals surface area (Å²) in [5, 5.41) is 2.79. The molecule has 0 spiro atoms. The number of imidazole rings is 1. The number of nitrogen functional groups attached to an aromatic ring is 1. The lowest BCUT2D eigenvalue weighted by Crippen LogP contribution is -2.45. The van der Waals surface area contributed by atoms with Crippen molar-refractivity contribution >= 4 is 46.0 Å². The van der Waals surface area contributed by atoms with Crippen molar-refractivity contribution in [3.63, 3.8) is 0 Å². The molecule has 11 heteroatoms. The van der Waals surface area contributed by atoms with E-state index in [0.29, 0.717) is 22.4 Å². The van der Waals surface area contributed by atoms with Gasteiger partial charge in [-0.05, 0) is 65.9 Å². The number of nitrogens with one attached hydrogen (secondary N) is 1. The zero-order chi connectivity index (χ0) is 32.3. The minimum absolute atomic E-state index is 0.137. The number of nitrogens with two attached hydrogens (primary N) is 1. The van der Waals surface area contributed by atoms with Crippen molar-refractivity contribution in [2.45, 2.75) is 53.3 Å². The smallest absolute Gasteiger partial charge is 0.410 e. The fourth-order valence-corrected chi connectivity index (χ4v) is 5.57. The van der Waals surface area contributed by atoms with Crippen molar-refractivity contribution in [3.05, 3.63) is 106 Å². The average Bonchev–Trinajstić information content (AvgIpc) is 3.64. The van der Waals surface area contributed by atoms with Gasteiger partial charge in [-0.1, -0.05) is 63.2 Å². The lowest BCUT2D eigenvalue weighted by atomic mass is 9.87. The van der Waals surface area contributed by atoms with Gasteiger partial charge in [0.05, 0.1) is 26.5 Å². The van der Waals surface area contributed by atoms with E-state index in [-0.39, 0.29) is 40.3 Å². The van der Waals surface area contributed by atoms with Crippen molar-refractivity contribution in [2.24, 2.45) is 5.41 Å². The number of anilines is 2. The van der Waals surface area contributed by atoms with Crippen LogP contribution in [0.3, 0.4) is 0 Å². The van der Waals surface area contributed by atoms with E-state index in [0.717, 1.165) is 22.5 Å². The molecule has 0 saturated carbocycles. The number of rotatable bonds is 9. The maximum atomic E-state index is 13.4. The molecule has 3 aromatic carbocycles. The van der Waals surface area contributed by atoms with Crippen molar-refractivity contribution < 1.29 is 23.1 Å². The summed E-state index contributed by atoms with van der Waals surface area (Å²) in [6, 6.07) is 24.7. The monoisotopic (exact) mass is 631 g/mol. The molecule has 0 radical (unpaired) electrons. The molecule has 0 saturated heterocycles. The van der Waals surface area contributed by atoms with Gasteiger partial charge >= 0.3 is 6.09 Å². The summed E-state index contributed by atoms with van der Waals surface area (Å²) < 4.78 is 33.8. The Bertz CT molecular complexity index is 1810. The highest BCUT2D eigenvalue weighted by atomic mass is 32.1. The van der Waals surface area contributed by atoms with Crippen LogP contribution in [-0.4, -0.2) is 32.5 Å². The van der Waals surface area contributed by atoms with Crippen LogP contribution in [0.25, 0.3) is 16.7 Å². The molecule has 2 heterocycles. The maximum absolute atomic E-state index is 13.4. The molecule has 5 rings (SSSR count). The first-order valence-corrected chi connectivity index (χ1v) is 15.3. The largest absolute Gasteiger partial charge is 0.445 e. The zero-order valence-electron chi connectivity index (χ0n) is 25.5. The van der Waals surface area contributed by atoms with E-state index < -0.39 is 18.4 Å². The number of hydrogen-bond donors (Lipinski definition) is 2. The van der Waals surface area contributed by atoms with Crippen LogP contribution in [-0.2, 0) is 17.9 Å². The van der Waals surface area contributed by atoms with Crippen molar-refractivity contribution in [2.75, 3.05) is 11.1 Å². The van der Waals surface area contributed by atoms with E-state index in [4.69, 9.17) is 15.5 Å². The third-order valence-corrected chi connectivity index (χ3v) is 8.74. The molecular formula is C34H35F2N5O3S. The first-order valence-electron chi connectivity index (χ1n) is 14.4. The molecular weight excluding hydrogens is 596 g/mol. The molecule has 0 aliphatic rings. The van der Waals surface area contributed by atoms with Gasteiger partial charge in [0.25, 0.3) is 12.3 Å². The van der Waals surface area contributed by atoms with Crippen LogP contribution in [0.1, 0.15) is 59.8 Å². The van der Waals surface area contributed by atoms with E-state index in [1.165, 1.54) is 12.1 Å². The third kappa shape index (κ3) is 7.31. The summed E-state index contributed by atoms with van der Waals surface area (Å²) in [6.45, 7) is 8.62. The summed E-state index contributed by atoms with van der Waals surface area (Å²) in [7, 11) is 0. The van der Waals surface area contributed by atoms with E-state index in [2.05, 4.69) is 26.1 Å². The zero-order valence-corrected chi connectivity index (χ0v) is 26.3. The molecule has 0 aliphatic carbocycles. The molecule has 1 atom stereocenters. The Morgan fingerprint density at radius 3 is 2.42 bits per heavy atom. The standard InChI is InChI=1S/C34H35F2N5O3S/c1-21(34(2,3)4)40(33(43)44-20-22-9-6-5-7-10-22)19-23-13-14-27-26(17-23)38-32(41(27)25-12-8-11-24(37)18-25)39-31(42)29-16-15-28(45-29)30(35)36/h5-18,21,30H,19-20,37H2,1-4H3,(H,38,39,42)/t21-/m0/s1. The number of amides is 2. The van der Waals surface area contributed by atoms with Crippen molar-refractivity contribution in [3.8, 4) is 5.69 Å². The quantitative estimate of drug-likeness (QED) is 0.159. The summed E-state index contributed by atoms with van der Waals surface area (Å²) >= 11 is 0.730. The fraction of sp³-hybridized carbons (Fsp3) is 0.265. The van der Waals surface area contributed by atoms with Gasteiger partial charge in [0.2, 0.25) is 5.95 Å². The second-order valence-electron chi connectivity index (χ2n) is 11.9. The van der Waals surface area contributed by atoms with Gasteiger partial charge in [0, 0.05) is 18.3 Å². The lowest BCUT2D eigenvalue weighted by molar-refractivity contribution is 0.0540. The van der Waals surface area contributed by atoms with E-state index in [9.17, 15) is 18.4 Å². The van der Waals surface area contributed by atoms with Crippen LogP contribution in [0.5, 0.6) is 0 Å². The Morgan fingerprint density at radius 1 is 1.00 bits per heavy atom. The number of benzene rings is 3. The van der Waals surface area contributed by atoms with Crippen LogP contribution < -0.4 is 11.1 Å². The number of thiophene rings is 1. The van der Waals surface area contributed by atoms with Crippen molar-refractivity contribution in [1.82, 2.24) is 14.5 Å². The average molecular weight is 632 g/mol. The molecule has 3 N–H and O–H groups in total. The number of ether oxygens (including phenoxy) is 1. The van der Waals surface area contributed by atoms with Gasteiger partial charge in [-0.25, -0.2) is 18.6 Å². The molecule has 2 aromatic heterocycles. The molecule has 0 fully saturated rings. The van der Waals surface area contributed by atoms with E-state index in [1.54, 1.807) is 27.7 Å². The minimum Gasteiger partial charge on any atom is -0.445 e. The molecule has 0 aliphatic heterocycles. The van der Waals surface area contributed by atoms with Crippen LogP contribution in [0.15, 0.2) is 84.9 Å². The second kappa shape index (κ2) is 13.1. The maximum Gasteiger partial charge on any atom is 0.410 e. The highest BCUT2D eigenvalue weighted by Gasteiger charge is 2.31. The minimum atomic E-state index is -2.66. The predicted molar refractivity (Wildman–Crippen MR) is 174 cm³/mol. The number of hydrogen-bond acceptors (Lipinski definition) is 6. The first-order chi connectivity index (χ1) is 21.4. The number of fused-ring (bicyclic) bond motifs is 1. The predicted octanol–water partition coefficient (Wildman–Crippen LogP) is 8.43. The second-order valence-corrected chi connectivity index (χ2v) is 13.0. The van der Waals surface area contributed by atoms with Crippen LogP contribution in [0, 0.1) is 5.41 Å². The molecule has 0 bridgehead atoms. The molecule has 0 unspecified atom stereocenters. The number of alkyl halides is 2. The fourth-order valence-electron chi connectivity index (χ4n) is 4.81. The molecule has 45 heavy (non-hydrogen) atoms. The first kappa shape index (κ1) is 31.6. The topological polar surface area (TPSA) is 102 Å². The molecule has 234 valence electrons. The Balaban J connectivity index is 1.48. The van der Waals surface area contributed by atoms with Crippen LogP contribution in [0.4, 0.5) is 25.2 Å². The number of carbonyl (C=O) groups excluding carboxylic acids is 2. The van der Waals surface area contributed by atoms with Crippen LogP contribution in [0.2, 0.25) is 0 Å². The number of halogens is 2. The highest BCUT2D eigenvalue weighted by Crippen LogP contribution is 2.31. The van der Waals surface area contributed by atoms with Gasteiger partial charge < -0.3 is 15.4 Å².